The molecular formula is C27H28Cl2N2O5S. The van der Waals surface area contributed by atoms with Gasteiger partial charge >= 0.3 is 5.97 Å². The molecule has 1 heterocycles. The molecule has 0 spiro atoms. The van der Waals surface area contributed by atoms with Crippen molar-refractivity contribution in [2.45, 2.75) is 24.5 Å². The van der Waals surface area contributed by atoms with Gasteiger partial charge in [-0.3, -0.25) is 9.69 Å². The molecule has 0 radical (unpaired) electrons. The number of rotatable bonds is 9. The fourth-order valence-corrected chi connectivity index (χ4v) is 6.19. The average molecular weight is 564 g/mol. The maximum atomic E-state index is 13.1. The highest BCUT2D eigenvalue weighted by Crippen LogP contribution is 2.27. The Kier molecular flexibility index (Phi) is 9.10. The summed E-state index contributed by atoms with van der Waals surface area (Å²) in [5.41, 5.74) is 2.71. The molecule has 3 aromatic carbocycles. The molecule has 0 saturated carbocycles. The quantitative estimate of drug-likeness (QED) is 0.349. The lowest BCUT2D eigenvalue weighted by Gasteiger charge is -2.34. The monoisotopic (exact) mass is 562 g/mol. The van der Waals surface area contributed by atoms with Crippen LogP contribution < -0.4 is 4.74 Å². The predicted molar refractivity (Wildman–Crippen MR) is 143 cm³/mol. The highest BCUT2D eigenvalue weighted by Gasteiger charge is 2.30. The molecule has 0 unspecified atom stereocenters. The van der Waals surface area contributed by atoms with Crippen molar-refractivity contribution in [1.29, 1.82) is 0 Å². The third-order valence-electron chi connectivity index (χ3n) is 6.19. The zero-order valence-corrected chi connectivity index (χ0v) is 22.7. The molecule has 0 bridgehead atoms. The van der Waals surface area contributed by atoms with Gasteiger partial charge in [-0.1, -0.05) is 59.6 Å². The van der Waals surface area contributed by atoms with E-state index < -0.39 is 10.0 Å². The van der Waals surface area contributed by atoms with Gasteiger partial charge in [-0.25, -0.2) is 8.42 Å². The first-order chi connectivity index (χ1) is 17.8. The Morgan fingerprint density at radius 2 is 1.59 bits per heavy atom. The smallest absolute Gasteiger partial charge is 0.309 e. The number of hydrogen-bond donors (Lipinski definition) is 0. The van der Waals surface area contributed by atoms with E-state index in [1.54, 1.807) is 18.2 Å². The van der Waals surface area contributed by atoms with Gasteiger partial charge in [-0.2, -0.15) is 4.31 Å². The van der Waals surface area contributed by atoms with Crippen LogP contribution in [0.4, 0.5) is 0 Å². The van der Waals surface area contributed by atoms with Crippen LogP contribution >= 0.6 is 23.2 Å². The number of esters is 1. The molecular weight excluding hydrogens is 535 g/mol. The minimum absolute atomic E-state index is 0.124. The van der Waals surface area contributed by atoms with E-state index in [0.29, 0.717) is 50.1 Å². The molecule has 0 aromatic heterocycles. The second-order valence-corrected chi connectivity index (χ2v) is 11.5. The summed E-state index contributed by atoms with van der Waals surface area (Å²) >= 11 is 12.1. The highest BCUT2D eigenvalue weighted by atomic mass is 35.5. The molecule has 10 heteroatoms. The van der Waals surface area contributed by atoms with Gasteiger partial charge in [0.25, 0.3) is 0 Å². The number of ether oxygens (including phenoxy) is 2. The summed E-state index contributed by atoms with van der Waals surface area (Å²) in [6, 6.07) is 19.6. The Morgan fingerprint density at radius 1 is 0.919 bits per heavy atom. The number of sulfonamides is 1. The molecule has 4 rings (SSSR count). The van der Waals surface area contributed by atoms with Crippen molar-refractivity contribution in [1.82, 2.24) is 9.21 Å². The highest BCUT2D eigenvalue weighted by molar-refractivity contribution is 7.89. The first-order valence-electron chi connectivity index (χ1n) is 11.8. The van der Waals surface area contributed by atoms with Gasteiger partial charge in [-0.05, 0) is 41.5 Å². The van der Waals surface area contributed by atoms with Crippen molar-refractivity contribution < 1.29 is 22.7 Å². The Morgan fingerprint density at radius 3 is 2.27 bits per heavy atom. The number of carbonyl (C=O) groups is 1. The Hall–Kier alpha value is -2.62. The fraction of sp³-hybridized carbons (Fsp3) is 0.296. The summed E-state index contributed by atoms with van der Waals surface area (Å²) in [7, 11) is -2.31. The van der Waals surface area contributed by atoms with Crippen molar-refractivity contribution in [3.05, 3.63) is 93.5 Å². The van der Waals surface area contributed by atoms with E-state index in [-0.39, 0.29) is 22.3 Å². The van der Waals surface area contributed by atoms with Crippen LogP contribution in [-0.2, 0) is 39.1 Å². The number of nitrogens with zero attached hydrogens (tertiary/aromatic N) is 2. The zero-order chi connectivity index (χ0) is 26.4. The van der Waals surface area contributed by atoms with Crippen LogP contribution in [0, 0.1) is 0 Å². The Balaban J connectivity index is 1.46. The SMILES string of the molecule is COC(=O)Cc1ccc(OCc2ccc(Cl)cc2)c(CN2CCN(S(=O)(=O)c3ccccc3Cl)CC2)c1. The van der Waals surface area contributed by atoms with Gasteiger partial charge in [0.05, 0.1) is 18.6 Å². The lowest BCUT2D eigenvalue weighted by Crippen LogP contribution is -2.48. The van der Waals surface area contributed by atoms with Crippen LogP contribution in [0.5, 0.6) is 5.75 Å². The van der Waals surface area contributed by atoms with Crippen LogP contribution in [0.1, 0.15) is 16.7 Å². The maximum absolute atomic E-state index is 13.1. The normalized spacial score (nSPS) is 14.9. The summed E-state index contributed by atoms with van der Waals surface area (Å²) in [6.45, 7) is 2.69. The fourth-order valence-electron chi connectivity index (χ4n) is 4.15. The van der Waals surface area contributed by atoms with Crippen LogP contribution in [0.2, 0.25) is 10.0 Å². The molecule has 1 fully saturated rings. The van der Waals surface area contributed by atoms with Crippen LogP contribution in [0.25, 0.3) is 0 Å². The first-order valence-corrected chi connectivity index (χ1v) is 14.0. The second kappa shape index (κ2) is 12.3. The largest absolute Gasteiger partial charge is 0.489 e. The summed E-state index contributed by atoms with van der Waals surface area (Å²) in [4.78, 5) is 14.1. The average Bonchev–Trinajstić information content (AvgIpc) is 2.89. The first kappa shape index (κ1) is 27.4. The van der Waals surface area contributed by atoms with Crippen molar-refractivity contribution in [2.24, 2.45) is 0 Å². The summed E-state index contributed by atoms with van der Waals surface area (Å²) < 4.78 is 38.6. The third-order valence-corrected chi connectivity index (χ3v) is 8.84. The second-order valence-electron chi connectivity index (χ2n) is 8.72. The van der Waals surface area contributed by atoms with E-state index >= 15 is 0 Å². The zero-order valence-electron chi connectivity index (χ0n) is 20.4. The van der Waals surface area contributed by atoms with E-state index in [2.05, 4.69) is 4.90 Å². The van der Waals surface area contributed by atoms with E-state index in [4.69, 9.17) is 32.7 Å². The molecule has 196 valence electrons. The number of methoxy groups -OCH3 is 1. The molecule has 0 N–H and O–H groups in total. The van der Waals surface area contributed by atoms with Crippen molar-refractivity contribution in [2.75, 3.05) is 33.3 Å². The van der Waals surface area contributed by atoms with Gasteiger partial charge in [0, 0.05) is 43.3 Å². The molecule has 37 heavy (non-hydrogen) atoms. The van der Waals surface area contributed by atoms with E-state index in [1.165, 1.54) is 17.5 Å². The number of halogens is 2. The van der Waals surface area contributed by atoms with E-state index in [0.717, 1.165) is 16.7 Å². The van der Waals surface area contributed by atoms with Crippen molar-refractivity contribution in [3.63, 3.8) is 0 Å². The number of piperazine rings is 1. The molecule has 1 aliphatic rings. The van der Waals surface area contributed by atoms with Gasteiger partial charge in [0.1, 0.15) is 17.3 Å². The predicted octanol–water partition coefficient (Wildman–Crippen LogP) is 4.79. The van der Waals surface area contributed by atoms with Gasteiger partial charge in [0.15, 0.2) is 0 Å². The van der Waals surface area contributed by atoms with Crippen LogP contribution in [0.3, 0.4) is 0 Å². The molecule has 0 aliphatic carbocycles. The standard InChI is InChI=1S/C27H28Cl2N2O5S/c1-35-27(32)17-21-8-11-25(36-19-20-6-9-23(28)10-7-20)22(16-21)18-30-12-14-31(15-13-30)37(33,34)26-5-3-2-4-24(26)29/h2-11,16H,12-15,17-19H2,1H3. The van der Waals surface area contributed by atoms with Crippen LogP contribution in [-0.4, -0.2) is 56.9 Å². The minimum Gasteiger partial charge on any atom is -0.489 e. The van der Waals surface area contributed by atoms with E-state index in [1.807, 2.05) is 42.5 Å². The number of hydrogen-bond acceptors (Lipinski definition) is 6. The third kappa shape index (κ3) is 7.03. The van der Waals surface area contributed by atoms with Gasteiger partial charge < -0.3 is 9.47 Å². The summed E-state index contributed by atoms with van der Waals surface area (Å²) in [5, 5.41) is 0.877. The minimum atomic E-state index is -3.67. The van der Waals surface area contributed by atoms with Crippen molar-refractivity contribution in [3.8, 4) is 5.75 Å². The molecule has 0 atom stereocenters. The molecule has 3 aromatic rings. The molecule has 0 amide bonds. The summed E-state index contributed by atoms with van der Waals surface area (Å²) in [6.07, 6.45) is 0.158. The Labute approximate surface area is 227 Å². The molecule has 1 saturated heterocycles. The van der Waals surface area contributed by atoms with E-state index in [9.17, 15) is 13.2 Å². The van der Waals surface area contributed by atoms with Crippen molar-refractivity contribution >= 4 is 39.2 Å². The number of benzene rings is 3. The topological polar surface area (TPSA) is 76.2 Å². The lowest BCUT2D eigenvalue weighted by atomic mass is 10.1. The van der Waals surface area contributed by atoms with Gasteiger partial charge in [0.2, 0.25) is 10.0 Å². The van der Waals surface area contributed by atoms with Crippen LogP contribution in [0.15, 0.2) is 71.6 Å². The Bertz CT molecular complexity index is 1340. The molecule has 7 nitrogen and oxygen atoms in total. The number of carbonyl (C=O) groups excluding carboxylic acids is 1. The van der Waals surface area contributed by atoms with Gasteiger partial charge in [-0.15, -0.1) is 0 Å². The maximum Gasteiger partial charge on any atom is 0.309 e. The molecule has 1 aliphatic heterocycles. The summed E-state index contributed by atoms with van der Waals surface area (Å²) in [5.74, 6) is 0.383. The lowest BCUT2D eigenvalue weighted by molar-refractivity contribution is -0.139.